The lowest BCUT2D eigenvalue weighted by Gasteiger charge is -1.90. The van der Waals surface area contributed by atoms with E-state index in [4.69, 9.17) is 0 Å². The third-order valence-corrected chi connectivity index (χ3v) is 0.544. The highest BCUT2D eigenvalue weighted by Gasteiger charge is 1.87. The van der Waals surface area contributed by atoms with E-state index in [9.17, 15) is 10.1 Å². The van der Waals surface area contributed by atoms with Crippen LogP contribution in [0.1, 0.15) is 0 Å². The molecule has 6 heteroatoms. The van der Waals surface area contributed by atoms with Crippen LogP contribution in [0.25, 0.3) is 0 Å². The van der Waals surface area contributed by atoms with E-state index in [1.165, 1.54) is 0 Å². The Hall–Kier alpha value is -1.46. The zero-order valence-electron chi connectivity index (χ0n) is 3.66. The summed E-state index contributed by atoms with van der Waals surface area (Å²) in [5.41, 5.74) is 0. The van der Waals surface area contributed by atoms with Gasteiger partial charge < -0.3 is 15.2 Å². The average molecular weight is 113 g/mol. The van der Waals surface area contributed by atoms with Crippen LogP contribution in [0.4, 0.5) is 5.82 Å². The summed E-state index contributed by atoms with van der Waals surface area (Å²) in [7, 11) is 0. The van der Waals surface area contributed by atoms with Crippen molar-refractivity contribution in [1.82, 2.24) is 15.4 Å². The summed E-state index contributed by atoms with van der Waals surface area (Å²) in [6, 6.07) is 0. The van der Waals surface area contributed by atoms with Gasteiger partial charge in [-0.3, -0.25) is 0 Å². The Morgan fingerprint density at radius 3 is 2.88 bits per heavy atom. The molecule has 1 heterocycles. The normalized spacial score (nSPS) is 9.00. The number of nitrogens with one attached hydrogen (secondary N) is 1. The van der Waals surface area contributed by atoms with Crippen molar-refractivity contribution in [3.8, 4) is 0 Å². The number of hydrogen-bond donors (Lipinski definition) is 1. The van der Waals surface area contributed by atoms with E-state index < -0.39 is 4.92 Å². The maximum Gasteiger partial charge on any atom is 0.183 e. The number of nitro groups is 1. The van der Waals surface area contributed by atoms with Gasteiger partial charge >= 0.3 is 0 Å². The van der Waals surface area contributed by atoms with Crippen molar-refractivity contribution in [2.75, 3.05) is 0 Å². The van der Waals surface area contributed by atoms with Gasteiger partial charge in [-0.25, -0.2) is 6.20 Å². The standard InChI is InChI=1S/C2HN4O2/c7-6(8)2-1-3-5-4-2/h(H,3,4,5)/q-1. The fourth-order valence-electron chi connectivity index (χ4n) is 0.251. The molecule has 0 fully saturated rings. The van der Waals surface area contributed by atoms with E-state index >= 15 is 0 Å². The smallest absolute Gasteiger partial charge is 0.183 e. The molecule has 0 aliphatic heterocycles. The lowest BCUT2D eigenvalue weighted by atomic mass is 10.8. The molecule has 0 aliphatic carbocycles. The molecule has 1 N–H and O–H groups in total. The van der Waals surface area contributed by atoms with E-state index in [1.54, 1.807) is 0 Å². The quantitative estimate of drug-likeness (QED) is 0.302. The fraction of sp³-hybridized carbons (Fsp3) is 0. The summed E-state index contributed by atoms with van der Waals surface area (Å²) in [5.74, 6) is -0.315. The van der Waals surface area contributed by atoms with Crippen molar-refractivity contribution in [2.45, 2.75) is 0 Å². The van der Waals surface area contributed by atoms with Gasteiger partial charge in [0.1, 0.15) is 0 Å². The van der Waals surface area contributed by atoms with Gasteiger partial charge in [-0.15, -0.1) is 0 Å². The maximum atomic E-state index is 9.73. The van der Waals surface area contributed by atoms with Gasteiger partial charge in [0.2, 0.25) is 0 Å². The van der Waals surface area contributed by atoms with Gasteiger partial charge in [0.15, 0.2) is 5.82 Å². The van der Waals surface area contributed by atoms with Crippen molar-refractivity contribution in [1.29, 1.82) is 0 Å². The first kappa shape index (κ1) is 4.69. The number of rotatable bonds is 1. The maximum absolute atomic E-state index is 9.73. The molecule has 0 bridgehead atoms. The predicted octanol–water partition coefficient (Wildman–Crippen LogP) is -0.487. The highest BCUT2D eigenvalue weighted by atomic mass is 16.6. The third-order valence-electron chi connectivity index (χ3n) is 0.544. The van der Waals surface area contributed by atoms with Crippen molar-refractivity contribution < 1.29 is 4.92 Å². The Kier molecular flexibility index (Phi) is 0.918. The Morgan fingerprint density at radius 1 is 1.88 bits per heavy atom. The molecule has 1 rings (SSSR count). The molecule has 0 radical (unpaired) electrons. The molecule has 0 saturated carbocycles. The minimum absolute atomic E-state index is 0.315. The van der Waals surface area contributed by atoms with E-state index in [0.717, 1.165) is 0 Å². The Balaban J connectivity index is 2.93. The van der Waals surface area contributed by atoms with E-state index in [-0.39, 0.29) is 5.82 Å². The van der Waals surface area contributed by atoms with Crippen LogP contribution in [-0.2, 0) is 0 Å². The van der Waals surface area contributed by atoms with Crippen molar-refractivity contribution in [3.05, 3.63) is 16.3 Å². The molecule has 0 amide bonds. The Morgan fingerprint density at radius 2 is 2.62 bits per heavy atom. The fourth-order valence-corrected chi connectivity index (χ4v) is 0.251. The van der Waals surface area contributed by atoms with E-state index in [0.29, 0.717) is 0 Å². The SMILES string of the molecule is O=[N+]([O-])c1[c-]nn[nH]1. The van der Waals surface area contributed by atoms with Crippen LogP contribution < -0.4 is 0 Å². The number of H-pyrrole nitrogens is 1. The van der Waals surface area contributed by atoms with E-state index in [2.05, 4.69) is 10.3 Å². The van der Waals surface area contributed by atoms with Gasteiger partial charge in [0.05, 0.1) is 0 Å². The third kappa shape index (κ3) is 0.625. The molecule has 0 atom stereocenters. The Bertz CT molecular complexity index is 180. The van der Waals surface area contributed by atoms with Crippen molar-refractivity contribution in [3.63, 3.8) is 0 Å². The highest BCUT2D eigenvalue weighted by molar-refractivity contribution is 5.04. The number of hydrogen-bond acceptors (Lipinski definition) is 4. The van der Waals surface area contributed by atoms with Crippen LogP contribution in [0.15, 0.2) is 0 Å². The molecule has 0 spiro atoms. The zero-order valence-corrected chi connectivity index (χ0v) is 3.66. The molecule has 1 aromatic heterocycles. The molecule has 1 aromatic rings. The molecule has 6 nitrogen and oxygen atoms in total. The van der Waals surface area contributed by atoms with Gasteiger partial charge in [-0.05, 0) is 5.21 Å². The van der Waals surface area contributed by atoms with Crippen LogP contribution in [0.3, 0.4) is 0 Å². The molecule has 0 saturated heterocycles. The predicted molar refractivity (Wildman–Crippen MR) is 21.9 cm³/mol. The Labute approximate surface area is 43.7 Å². The minimum Gasteiger partial charge on any atom is -0.360 e. The first-order chi connectivity index (χ1) is 3.80. The monoisotopic (exact) mass is 113 g/mol. The second-order valence-corrected chi connectivity index (χ2v) is 1.03. The topological polar surface area (TPSA) is 84.7 Å². The van der Waals surface area contributed by atoms with Crippen molar-refractivity contribution >= 4 is 5.82 Å². The first-order valence-corrected chi connectivity index (χ1v) is 1.74. The second kappa shape index (κ2) is 1.57. The average Bonchev–Trinajstić information content (AvgIpc) is 2.12. The van der Waals surface area contributed by atoms with Crippen LogP contribution >= 0.6 is 0 Å². The van der Waals surface area contributed by atoms with Gasteiger partial charge in [-0.1, -0.05) is 4.92 Å². The van der Waals surface area contributed by atoms with Gasteiger partial charge in [-0.2, -0.15) is 5.10 Å². The first-order valence-electron chi connectivity index (χ1n) is 1.74. The molecular weight excluding hydrogens is 112 g/mol. The largest absolute Gasteiger partial charge is 0.360 e. The number of aromatic nitrogens is 3. The highest BCUT2D eigenvalue weighted by Crippen LogP contribution is 1.96. The lowest BCUT2D eigenvalue weighted by molar-refractivity contribution is -0.389. The van der Waals surface area contributed by atoms with Crippen LogP contribution in [0, 0.1) is 16.3 Å². The molecular formula is C2HN4O2-. The lowest BCUT2D eigenvalue weighted by Crippen LogP contribution is -1.86. The van der Waals surface area contributed by atoms with Crippen LogP contribution in [0.5, 0.6) is 0 Å². The summed E-state index contributed by atoms with van der Waals surface area (Å²) in [6.07, 6.45) is 2.02. The van der Waals surface area contributed by atoms with Crippen molar-refractivity contribution in [2.24, 2.45) is 0 Å². The summed E-state index contributed by atoms with van der Waals surface area (Å²) >= 11 is 0. The number of nitrogens with zero attached hydrogens (tertiary/aromatic N) is 3. The molecule has 0 aromatic carbocycles. The van der Waals surface area contributed by atoms with Gasteiger partial charge in [0, 0.05) is 0 Å². The summed E-state index contributed by atoms with van der Waals surface area (Å²) in [4.78, 5) is 9.07. The van der Waals surface area contributed by atoms with Crippen LogP contribution in [0.2, 0.25) is 0 Å². The summed E-state index contributed by atoms with van der Waals surface area (Å²) in [5, 5.41) is 17.9. The molecule has 0 unspecified atom stereocenters. The minimum atomic E-state index is -0.653. The summed E-state index contributed by atoms with van der Waals surface area (Å²) < 4.78 is 0. The summed E-state index contributed by atoms with van der Waals surface area (Å²) in [6.45, 7) is 0. The molecule has 0 aliphatic rings. The second-order valence-electron chi connectivity index (χ2n) is 1.03. The molecule has 8 heavy (non-hydrogen) atoms. The van der Waals surface area contributed by atoms with Crippen LogP contribution in [-0.4, -0.2) is 20.3 Å². The van der Waals surface area contributed by atoms with Gasteiger partial charge in [0.25, 0.3) is 0 Å². The van der Waals surface area contributed by atoms with E-state index in [1.807, 2.05) is 11.3 Å². The zero-order chi connectivity index (χ0) is 5.98. The molecule has 42 valence electrons. The number of aromatic amines is 1.